The second-order valence-corrected chi connectivity index (χ2v) is 11.9. The van der Waals surface area contributed by atoms with Crippen molar-refractivity contribution in [3.63, 3.8) is 0 Å². The van der Waals surface area contributed by atoms with Crippen molar-refractivity contribution in [2.45, 2.75) is 25.8 Å². The molecule has 0 unspecified atom stereocenters. The molecular formula is C25H46N6O12S. The SMILES string of the molecule is CCCOCCCNC(=O)[C@@H](CS(=O)(=O)O)NC(=O)CN1CCN(CC(=O)O)CCN(CC(=O)O)CCN(CC(=O)O)CC1. The first-order valence-corrected chi connectivity index (χ1v) is 15.9. The molecule has 254 valence electrons. The summed E-state index contributed by atoms with van der Waals surface area (Å²) in [6.07, 6.45) is 1.27. The Kier molecular flexibility index (Phi) is 18.6. The van der Waals surface area contributed by atoms with E-state index in [0.717, 1.165) is 6.42 Å². The molecule has 6 N–H and O–H groups in total. The smallest absolute Gasteiger partial charge is 0.317 e. The van der Waals surface area contributed by atoms with Crippen LogP contribution >= 0.6 is 0 Å². The Hall–Kier alpha value is -2.94. The van der Waals surface area contributed by atoms with E-state index in [1.165, 1.54) is 0 Å². The van der Waals surface area contributed by atoms with Gasteiger partial charge in [-0.15, -0.1) is 0 Å². The van der Waals surface area contributed by atoms with Crippen LogP contribution in [0.25, 0.3) is 0 Å². The third-order valence-electron chi connectivity index (χ3n) is 6.52. The van der Waals surface area contributed by atoms with Crippen LogP contribution in [0.3, 0.4) is 0 Å². The highest BCUT2D eigenvalue weighted by Gasteiger charge is 2.27. The zero-order valence-electron chi connectivity index (χ0n) is 25.1. The van der Waals surface area contributed by atoms with Gasteiger partial charge >= 0.3 is 17.9 Å². The molecule has 1 saturated heterocycles. The minimum atomic E-state index is -4.65. The largest absolute Gasteiger partial charge is 0.480 e. The lowest BCUT2D eigenvalue weighted by atomic mass is 10.2. The van der Waals surface area contributed by atoms with Crippen LogP contribution in [-0.2, 0) is 38.8 Å². The number of hydrogen-bond acceptors (Lipinski definition) is 12. The highest BCUT2D eigenvalue weighted by molar-refractivity contribution is 7.85. The van der Waals surface area contributed by atoms with E-state index < -0.39 is 51.6 Å². The van der Waals surface area contributed by atoms with Crippen LogP contribution < -0.4 is 10.6 Å². The van der Waals surface area contributed by atoms with Gasteiger partial charge in [0.2, 0.25) is 11.8 Å². The molecule has 1 heterocycles. The summed E-state index contributed by atoms with van der Waals surface area (Å²) in [4.78, 5) is 66.2. The Balaban J connectivity index is 3.00. The zero-order chi connectivity index (χ0) is 33.1. The van der Waals surface area contributed by atoms with Crippen LogP contribution in [0.2, 0.25) is 0 Å². The fraction of sp³-hybridized carbons (Fsp3) is 0.800. The van der Waals surface area contributed by atoms with Crippen LogP contribution in [0.15, 0.2) is 0 Å². The summed E-state index contributed by atoms with van der Waals surface area (Å²) in [5.41, 5.74) is 0. The summed E-state index contributed by atoms with van der Waals surface area (Å²) in [7, 11) is -4.65. The van der Waals surface area contributed by atoms with Crippen LogP contribution in [0, 0.1) is 0 Å². The Labute approximate surface area is 257 Å². The first kappa shape index (κ1) is 39.1. The number of carbonyl (C=O) groups is 5. The number of carboxylic acid groups (broad SMARTS) is 3. The van der Waals surface area contributed by atoms with E-state index in [9.17, 15) is 52.3 Å². The lowest BCUT2D eigenvalue weighted by Gasteiger charge is -2.33. The van der Waals surface area contributed by atoms with Gasteiger partial charge in [-0.3, -0.25) is 48.1 Å². The predicted octanol–water partition coefficient (Wildman–Crippen LogP) is -3.23. The van der Waals surface area contributed by atoms with E-state index in [1.807, 2.05) is 6.92 Å². The average molecular weight is 655 g/mol. The summed E-state index contributed by atoms with van der Waals surface area (Å²) in [5, 5.41) is 32.8. The topological polar surface area (TPSA) is 247 Å². The third kappa shape index (κ3) is 19.4. The predicted molar refractivity (Wildman–Crippen MR) is 156 cm³/mol. The average Bonchev–Trinajstić information content (AvgIpc) is 2.90. The van der Waals surface area contributed by atoms with Gasteiger partial charge in [-0.05, 0) is 12.8 Å². The number of amides is 2. The van der Waals surface area contributed by atoms with Gasteiger partial charge in [0, 0.05) is 72.1 Å². The Morgan fingerprint density at radius 2 is 1.14 bits per heavy atom. The highest BCUT2D eigenvalue weighted by atomic mass is 32.2. The van der Waals surface area contributed by atoms with Crippen molar-refractivity contribution in [3.8, 4) is 0 Å². The van der Waals surface area contributed by atoms with E-state index in [-0.39, 0.29) is 85.1 Å². The van der Waals surface area contributed by atoms with Gasteiger partial charge in [-0.1, -0.05) is 6.92 Å². The van der Waals surface area contributed by atoms with Gasteiger partial charge in [0.25, 0.3) is 10.1 Å². The van der Waals surface area contributed by atoms with Gasteiger partial charge in [0.05, 0.1) is 26.2 Å². The number of hydrogen-bond donors (Lipinski definition) is 6. The molecule has 1 aliphatic heterocycles. The van der Waals surface area contributed by atoms with Gasteiger partial charge in [-0.25, -0.2) is 0 Å². The van der Waals surface area contributed by atoms with Crippen molar-refractivity contribution in [2.75, 3.05) is 104 Å². The maximum atomic E-state index is 13.0. The van der Waals surface area contributed by atoms with Crippen molar-refractivity contribution >= 4 is 39.8 Å². The minimum absolute atomic E-state index is 0.146. The molecule has 44 heavy (non-hydrogen) atoms. The summed E-state index contributed by atoms with van der Waals surface area (Å²) >= 11 is 0. The van der Waals surface area contributed by atoms with Crippen molar-refractivity contribution in [1.29, 1.82) is 0 Å². The quantitative estimate of drug-likeness (QED) is 0.0628. The molecule has 0 spiro atoms. The van der Waals surface area contributed by atoms with E-state index in [1.54, 1.807) is 19.6 Å². The van der Waals surface area contributed by atoms with Gasteiger partial charge in [0.15, 0.2) is 0 Å². The Bertz CT molecular complexity index is 1010. The molecule has 2 amide bonds. The van der Waals surface area contributed by atoms with Crippen LogP contribution in [-0.4, -0.2) is 188 Å². The fourth-order valence-corrected chi connectivity index (χ4v) is 5.03. The molecule has 18 nitrogen and oxygen atoms in total. The van der Waals surface area contributed by atoms with Crippen molar-refractivity contribution in [1.82, 2.24) is 30.2 Å². The van der Waals surface area contributed by atoms with E-state index in [0.29, 0.717) is 19.6 Å². The Morgan fingerprint density at radius 1 is 0.727 bits per heavy atom. The number of aliphatic carboxylic acids is 3. The van der Waals surface area contributed by atoms with Gasteiger partial charge in [-0.2, -0.15) is 8.42 Å². The molecule has 0 saturated carbocycles. The summed E-state index contributed by atoms with van der Waals surface area (Å²) in [6.45, 7) is 3.10. The minimum Gasteiger partial charge on any atom is -0.480 e. The second-order valence-electron chi connectivity index (χ2n) is 10.4. The van der Waals surface area contributed by atoms with Gasteiger partial charge in [0.1, 0.15) is 11.8 Å². The molecule has 0 aliphatic carbocycles. The van der Waals surface area contributed by atoms with Gasteiger partial charge < -0.3 is 30.7 Å². The van der Waals surface area contributed by atoms with Crippen molar-refractivity contribution in [2.24, 2.45) is 0 Å². The fourth-order valence-electron chi connectivity index (χ4n) is 4.38. The normalized spacial score (nSPS) is 17.6. The molecule has 0 bridgehead atoms. The highest BCUT2D eigenvalue weighted by Crippen LogP contribution is 2.02. The summed E-state index contributed by atoms with van der Waals surface area (Å²) in [5.74, 6) is -5.89. The first-order valence-electron chi connectivity index (χ1n) is 14.3. The molecule has 0 radical (unpaired) electrons. The molecule has 1 rings (SSSR count). The molecule has 1 aliphatic rings. The number of carbonyl (C=O) groups excluding carboxylic acids is 2. The van der Waals surface area contributed by atoms with E-state index in [2.05, 4.69) is 10.6 Å². The standard InChI is InChI=1S/C25H46N6O12S/c1-2-13-43-14-3-4-26-25(39)20(19-44(40,41)42)27-21(32)15-28-5-7-29(16-22(33)34)9-11-31(18-24(37)38)12-10-30(8-6-28)17-23(35)36/h20H,2-19H2,1H3,(H,26,39)(H,27,32)(H,33,34)(H,35,36)(H,37,38)(H,40,41,42)/t20-/m1/s1. The molecular weight excluding hydrogens is 608 g/mol. The zero-order valence-corrected chi connectivity index (χ0v) is 25.9. The summed E-state index contributed by atoms with van der Waals surface area (Å²) in [6, 6.07) is -1.59. The molecule has 1 atom stereocenters. The molecule has 0 aromatic heterocycles. The van der Waals surface area contributed by atoms with Crippen LogP contribution in [0.1, 0.15) is 19.8 Å². The van der Waals surface area contributed by atoms with Crippen molar-refractivity contribution < 1.29 is 57.0 Å². The molecule has 1 fully saturated rings. The third-order valence-corrected chi connectivity index (χ3v) is 7.27. The van der Waals surface area contributed by atoms with E-state index >= 15 is 0 Å². The number of nitrogens with zero attached hydrogens (tertiary/aromatic N) is 4. The number of nitrogens with one attached hydrogen (secondary N) is 2. The first-order chi connectivity index (χ1) is 20.7. The lowest BCUT2D eigenvalue weighted by Crippen LogP contribution is -2.54. The number of carboxylic acids is 3. The molecule has 0 aromatic carbocycles. The number of ether oxygens (including phenoxy) is 1. The van der Waals surface area contributed by atoms with Crippen LogP contribution in [0.4, 0.5) is 0 Å². The maximum Gasteiger partial charge on any atom is 0.317 e. The second kappa shape index (κ2) is 20.9. The van der Waals surface area contributed by atoms with Crippen molar-refractivity contribution in [3.05, 3.63) is 0 Å². The maximum absolute atomic E-state index is 13.0. The summed E-state index contributed by atoms with van der Waals surface area (Å²) < 4.78 is 37.8. The van der Waals surface area contributed by atoms with Crippen LogP contribution in [0.5, 0.6) is 0 Å². The van der Waals surface area contributed by atoms with E-state index in [4.69, 9.17) is 4.74 Å². The Morgan fingerprint density at radius 3 is 1.50 bits per heavy atom. The lowest BCUT2D eigenvalue weighted by molar-refractivity contribution is -0.140. The molecule has 0 aromatic rings. The molecule has 19 heteroatoms. The number of rotatable bonds is 18. The monoisotopic (exact) mass is 654 g/mol.